The van der Waals surface area contributed by atoms with Crippen molar-refractivity contribution in [3.05, 3.63) is 66.2 Å². The molecule has 0 unspecified atom stereocenters. The van der Waals surface area contributed by atoms with Gasteiger partial charge in [-0.2, -0.15) is 0 Å². The Balaban J connectivity index is 2.17. The lowest BCUT2D eigenvalue weighted by Crippen LogP contribution is -2.03. The van der Waals surface area contributed by atoms with E-state index in [0.29, 0.717) is 12.0 Å². The number of carboxylic acid groups (broad SMARTS) is 1. The first-order valence-corrected chi connectivity index (χ1v) is 6.92. The van der Waals surface area contributed by atoms with Gasteiger partial charge in [0.05, 0.1) is 0 Å². The number of hydrogen-bond acceptors (Lipinski definition) is 2. The van der Waals surface area contributed by atoms with E-state index >= 15 is 0 Å². The van der Waals surface area contributed by atoms with Crippen LogP contribution in [-0.4, -0.2) is 17.7 Å². The maximum atomic E-state index is 10.9. The number of carboxylic acids is 1. The lowest BCUT2D eigenvalue weighted by atomic mass is 10.1. The maximum absolute atomic E-state index is 10.9. The average molecular weight is 282 g/mol. The molecule has 108 valence electrons. The lowest BCUT2D eigenvalue weighted by molar-refractivity contribution is -0.132. The third kappa shape index (κ3) is 3.96. The van der Waals surface area contributed by atoms with E-state index in [2.05, 4.69) is 0 Å². The number of rotatable bonds is 6. The smallest absolute Gasteiger partial charge is 0.331 e. The molecule has 0 heterocycles. The molecule has 0 atom stereocenters. The SMILES string of the molecule is CCC(=CCOc1ccccc1-c1ccccc1)C(=O)O. The lowest BCUT2D eigenvalue weighted by Gasteiger charge is -2.10. The van der Waals surface area contributed by atoms with E-state index in [1.807, 2.05) is 61.5 Å². The summed E-state index contributed by atoms with van der Waals surface area (Å²) in [4.78, 5) is 10.9. The second-order valence-corrected chi connectivity index (χ2v) is 4.56. The Morgan fingerprint density at radius 3 is 2.43 bits per heavy atom. The van der Waals surface area contributed by atoms with Crippen LogP contribution in [-0.2, 0) is 4.79 Å². The molecule has 0 aliphatic heterocycles. The molecule has 0 saturated heterocycles. The normalized spacial score (nSPS) is 11.2. The van der Waals surface area contributed by atoms with Crippen LogP contribution < -0.4 is 4.74 Å². The Labute approximate surface area is 124 Å². The van der Waals surface area contributed by atoms with Crippen LogP contribution in [0.1, 0.15) is 13.3 Å². The van der Waals surface area contributed by atoms with E-state index in [0.717, 1.165) is 16.9 Å². The first-order chi connectivity index (χ1) is 10.2. The Bertz CT molecular complexity index is 630. The molecule has 2 aromatic rings. The molecule has 3 heteroatoms. The molecule has 21 heavy (non-hydrogen) atoms. The summed E-state index contributed by atoms with van der Waals surface area (Å²) in [7, 11) is 0. The fourth-order valence-corrected chi connectivity index (χ4v) is 2.06. The monoisotopic (exact) mass is 282 g/mol. The largest absolute Gasteiger partial charge is 0.489 e. The van der Waals surface area contributed by atoms with Crippen molar-refractivity contribution in [2.24, 2.45) is 0 Å². The fourth-order valence-electron chi connectivity index (χ4n) is 2.06. The summed E-state index contributed by atoms with van der Waals surface area (Å²) in [6.45, 7) is 2.07. The minimum Gasteiger partial charge on any atom is -0.489 e. The zero-order valence-electron chi connectivity index (χ0n) is 12.0. The number of para-hydroxylation sites is 1. The van der Waals surface area contributed by atoms with Crippen molar-refractivity contribution >= 4 is 5.97 Å². The van der Waals surface area contributed by atoms with Gasteiger partial charge in [-0.1, -0.05) is 55.5 Å². The summed E-state index contributed by atoms with van der Waals surface area (Å²) < 4.78 is 5.73. The highest BCUT2D eigenvalue weighted by Crippen LogP contribution is 2.29. The molecule has 1 N–H and O–H groups in total. The van der Waals surface area contributed by atoms with Gasteiger partial charge in [0.15, 0.2) is 0 Å². The van der Waals surface area contributed by atoms with Crippen LogP contribution >= 0.6 is 0 Å². The Morgan fingerprint density at radius 2 is 1.76 bits per heavy atom. The van der Waals surface area contributed by atoms with E-state index in [1.54, 1.807) is 6.08 Å². The predicted octanol–water partition coefficient (Wildman–Crippen LogP) is 4.15. The molecule has 0 spiro atoms. The molecule has 0 amide bonds. The fraction of sp³-hybridized carbons (Fsp3) is 0.167. The van der Waals surface area contributed by atoms with Crippen molar-refractivity contribution in [3.63, 3.8) is 0 Å². The highest BCUT2D eigenvalue weighted by atomic mass is 16.5. The van der Waals surface area contributed by atoms with Crippen LogP contribution in [0.3, 0.4) is 0 Å². The molecule has 0 radical (unpaired) electrons. The highest BCUT2D eigenvalue weighted by molar-refractivity contribution is 5.86. The number of benzene rings is 2. The van der Waals surface area contributed by atoms with E-state index in [9.17, 15) is 4.79 Å². The van der Waals surface area contributed by atoms with E-state index in [-0.39, 0.29) is 6.61 Å². The van der Waals surface area contributed by atoms with Gasteiger partial charge in [0.1, 0.15) is 12.4 Å². The van der Waals surface area contributed by atoms with Crippen molar-refractivity contribution in [2.45, 2.75) is 13.3 Å². The third-order valence-corrected chi connectivity index (χ3v) is 3.20. The molecule has 0 aliphatic carbocycles. The Morgan fingerprint density at radius 1 is 1.10 bits per heavy atom. The van der Waals surface area contributed by atoms with Gasteiger partial charge in [0.2, 0.25) is 0 Å². The number of ether oxygens (including phenoxy) is 1. The summed E-state index contributed by atoms with van der Waals surface area (Å²) in [5.74, 6) is -0.141. The van der Waals surface area contributed by atoms with E-state index < -0.39 is 5.97 Å². The molecule has 2 aromatic carbocycles. The van der Waals surface area contributed by atoms with Crippen molar-refractivity contribution in [3.8, 4) is 16.9 Å². The minimum absolute atomic E-state index is 0.249. The predicted molar refractivity (Wildman–Crippen MR) is 83.4 cm³/mol. The van der Waals surface area contributed by atoms with Crippen LogP contribution in [0.15, 0.2) is 66.2 Å². The summed E-state index contributed by atoms with van der Waals surface area (Å²) in [5.41, 5.74) is 2.44. The molecular formula is C18H18O3. The van der Waals surface area contributed by atoms with Gasteiger partial charge in [-0.05, 0) is 24.1 Å². The van der Waals surface area contributed by atoms with Crippen molar-refractivity contribution in [1.29, 1.82) is 0 Å². The maximum Gasteiger partial charge on any atom is 0.331 e. The van der Waals surface area contributed by atoms with Gasteiger partial charge in [-0.3, -0.25) is 0 Å². The summed E-state index contributed by atoms with van der Waals surface area (Å²) in [6.07, 6.45) is 2.10. The number of hydrogen-bond donors (Lipinski definition) is 1. The van der Waals surface area contributed by atoms with Gasteiger partial charge in [0, 0.05) is 11.1 Å². The first-order valence-electron chi connectivity index (χ1n) is 6.92. The Hall–Kier alpha value is -2.55. The second kappa shape index (κ2) is 7.29. The summed E-state index contributed by atoms with van der Waals surface area (Å²) in [6, 6.07) is 17.7. The van der Waals surface area contributed by atoms with Crippen molar-refractivity contribution < 1.29 is 14.6 Å². The first kappa shape index (κ1) is 14.9. The molecule has 0 fully saturated rings. The topological polar surface area (TPSA) is 46.5 Å². The zero-order chi connectivity index (χ0) is 15.1. The summed E-state index contributed by atoms with van der Waals surface area (Å²) >= 11 is 0. The number of aliphatic carboxylic acids is 1. The molecule has 3 nitrogen and oxygen atoms in total. The second-order valence-electron chi connectivity index (χ2n) is 4.56. The van der Waals surface area contributed by atoms with Gasteiger partial charge < -0.3 is 9.84 Å². The van der Waals surface area contributed by atoms with Gasteiger partial charge in [-0.25, -0.2) is 4.79 Å². The number of carbonyl (C=O) groups is 1. The quantitative estimate of drug-likeness (QED) is 0.809. The average Bonchev–Trinajstić information content (AvgIpc) is 2.52. The van der Waals surface area contributed by atoms with E-state index in [1.165, 1.54) is 0 Å². The van der Waals surface area contributed by atoms with Gasteiger partial charge >= 0.3 is 5.97 Å². The molecule has 0 saturated carbocycles. The highest BCUT2D eigenvalue weighted by Gasteiger charge is 2.06. The van der Waals surface area contributed by atoms with Crippen LogP contribution in [0, 0.1) is 0 Å². The molecule has 0 aromatic heterocycles. The molecule has 0 aliphatic rings. The molecular weight excluding hydrogens is 264 g/mol. The molecule has 2 rings (SSSR count). The van der Waals surface area contributed by atoms with E-state index in [4.69, 9.17) is 9.84 Å². The van der Waals surface area contributed by atoms with Crippen LogP contribution in [0.4, 0.5) is 0 Å². The van der Waals surface area contributed by atoms with Crippen LogP contribution in [0.2, 0.25) is 0 Å². The van der Waals surface area contributed by atoms with Crippen molar-refractivity contribution in [1.82, 2.24) is 0 Å². The zero-order valence-corrected chi connectivity index (χ0v) is 12.0. The van der Waals surface area contributed by atoms with Crippen molar-refractivity contribution in [2.75, 3.05) is 6.61 Å². The van der Waals surface area contributed by atoms with Crippen LogP contribution in [0.5, 0.6) is 5.75 Å². The third-order valence-electron chi connectivity index (χ3n) is 3.20. The van der Waals surface area contributed by atoms with Crippen LogP contribution in [0.25, 0.3) is 11.1 Å². The minimum atomic E-state index is -0.891. The molecule has 0 bridgehead atoms. The van der Waals surface area contributed by atoms with Gasteiger partial charge in [-0.15, -0.1) is 0 Å². The standard InChI is InChI=1S/C18H18O3/c1-2-14(18(19)20)12-13-21-17-11-7-6-10-16(17)15-8-4-3-5-9-15/h3-12H,2,13H2,1H3,(H,19,20). The van der Waals surface area contributed by atoms with Gasteiger partial charge in [0.25, 0.3) is 0 Å². The summed E-state index contributed by atoms with van der Waals surface area (Å²) in [5, 5.41) is 8.98. The Kier molecular flexibility index (Phi) is 5.16.